The minimum absolute atomic E-state index is 0.494. The van der Waals surface area contributed by atoms with Gasteiger partial charge in [0, 0.05) is 18.0 Å². The summed E-state index contributed by atoms with van der Waals surface area (Å²) in [5.41, 5.74) is 1.51. The molecule has 0 aliphatic rings. The molecule has 18 heavy (non-hydrogen) atoms. The normalized spacial score (nSPS) is 14.9. The zero-order chi connectivity index (χ0) is 13.2. The van der Waals surface area contributed by atoms with Gasteiger partial charge in [0.1, 0.15) is 0 Å². The first-order valence-corrected chi connectivity index (χ1v) is 6.53. The summed E-state index contributed by atoms with van der Waals surface area (Å²) in [7, 11) is 0. The third kappa shape index (κ3) is 3.08. The van der Waals surface area contributed by atoms with Gasteiger partial charge in [-0.25, -0.2) is 0 Å². The van der Waals surface area contributed by atoms with Crippen molar-refractivity contribution in [2.45, 2.75) is 39.2 Å². The quantitative estimate of drug-likeness (QED) is 0.890. The molecule has 0 bridgehead atoms. The Morgan fingerprint density at radius 1 is 1.22 bits per heavy atom. The van der Waals surface area contributed by atoms with Gasteiger partial charge in [-0.05, 0) is 37.0 Å². The summed E-state index contributed by atoms with van der Waals surface area (Å²) in [4.78, 5) is 4.35. The summed E-state index contributed by atoms with van der Waals surface area (Å²) >= 11 is 0. The van der Waals surface area contributed by atoms with E-state index in [2.05, 4.69) is 24.9 Å². The van der Waals surface area contributed by atoms with Crippen LogP contribution in [-0.2, 0) is 6.42 Å². The number of para-hydroxylation sites is 1. The molecule has 1 N–H and O–H groups in total. The number of benzene rings is 1. The highest BCUT2D eigenvalue weighted by molar-refractivity contribution is 5.81. The van der Waals surface area contributed by atoms with E-state index >= 15 is 0 Å². The summed E-state index contributed by atoms with van der Waals surface area (Å²) in [6.07, 6.45) is 3.31. The molecule has 0 saturated carbocycles. The van der Waals surface area contributed by atoms with Gasteiger partial charge in [-0.3, -0.25) is 4.98 Å². The van der Waals surface area contributed by atoms with Gasteiger partial charge in [-0.1, -0.05) is 32.0 Å². The predicted octanol–water partition coefficient (Wildman–Crippen LogP) is 3.57. The Morgan fingerprint density at radius 3 is 2.67 bits per heavy atom. The fourth-order valence-corrected chi connectivity index (χ4v) is 2.67. The highest BCUT2D eigenvalue weighted by Crippen LogP contribution is 2.25. The van der Waals surface area contributed by atoms with Crippen molar-refractivity contribution in [2.24, 2.45) is 5.92 Å². The molecule has 1 aromatic heterocycles. The van der Waals surface area contributed by atoms with Crippen LogP contribution in [-0.4, -0.2) is 15.7 Å². The van der Waals surface area contributed by atoms with Crippen molar-refractivity contribution in [1.29, 1.82) is 0 Å². The Labute approximate surface area is 109 Å². The Hall–Kier alpha value is -1.41. The molecule has 2 heteroatoms. The Kier molecular flexibility index (Phi) is 3.67. The standard InChI is InChI=1S/C16H21NO/c1-12(2)10-16(3,18)11-13-8-9-17-15-7-5-4-6-14(13)15/h4-9,12,18H,10-11H2,1-3H3. The van der Waals surface area contributed by atoms with Crippen molar-refractivity contribution < 1.29 is 5.11 Å². The van der Waals surface area contributed by atoms with Crippen molar-refractivity contribution in [1.82, 2.24) is 4.98 Å². The lowest BCUT2D eigenvalue weighted by atomic mass is 9.87. The molecule has 0 fully saturated rings. The van der Waals surface area contributed by atoms with Crippen LogP contribution < -0.4 is 0 Å². The fraction of sp³-hybridized carbons (Fsp3) is 0.438. The number of nitrogens with zero attached hydrogens (tertiary/aromatic N) is 1. The van der Waals surface area contributed by atoms with Gasteiger partial charge in [0.15, 0.2) is 0 Å². The number of fused-ring (bicyclic) bond motifs is 1. The van der Waals surface area contributed by atoms with E-state index < -0.39 is 5.60 Å². The maximum Gasteiger partial charge on any atom is 0.0704 e. The van der Waals surface area contributed by atoms with E-state index in [1.165, 1.54) is 5.56 Å². The summed E-state index contributed by atoms with van der Waals surface area (Å²) in [5.74, 6) is 0.494. The van der Waals surface area contributed by atoms with E-state index in [1.54, 1.807) is 0 Å². The molecule has 2 nitrogen and oxygen atoms in total. The molecule has 0 amide bonds. The topological polar surface area (TPSA) is 33.1 Å². The maximum absolute atomic E-state index is 10.5. The molecule has 0 radical (unpaired) electrons. The Balaban J connectivity index is 2.32. The molecule has 1 atom stereocenters. The first-order chi connectivity index (χ1) is 8.48. The summed E-state index contributed by atoms with van der Waals surface area (Å²) in [5, 5.41) is 11.6. The Morgan fingerprint density at radius 2 is 1.94 bits per heavy atom. The van der Waals surface area contributed by atoms with Crippen LogP contribution in [0.15, 0.2) is 36.5 Å². The fourth-order valence-electron chi connectivity index (χ4n) is 2.67. The second-order valence-corrected chi connectivity index (χ2v) is 5.76. The molecule has 1 unspecified atom stereocenters. The van der Waals surface area contributed by atoms with Gasteiger partial charge in [-0.15, -0.1) is 0 Å². The second-order valence-electron chi connectivity index (χ2n) is 5.76. The molecular weight excluding hydrogens is 222 g/mol. The molecule has 2 rings (SSSR count). The van der Waals surface area contributed by atoms with Crippen molar-refractivity contribution in [3.8, 4) is 0 Å². The zero-order valence-electron chi connectivity index (χ0n) is 11.4. The van der Waals surface area contributed by atoms with E-state index in [1.807, 2.05) is 37.4 Å². The summed E-state index contributed by atoms with van der Waals surface area (Å²) in [6, 6.07) is 10.1. The highest BCUT2D eigenvalue weighted by atomic mass is 16.3. The van der Waals surface area contributed by atoms with E-state index in [-0.39, 0.29) is 0 Å². The third-order valence-electron chi connectivity index (χ3n) is 3.16. The minimum Gasteiger partial charge on any atom is -0.390 e. The molecule has 0 aliphatic heterocycles. The largest absolute Gasteiger partial charge is 0.390 e. The number of aromatic nitrogens is 1. The monoisotopic (exact) mass is 243 g/mol. The molecule has 1 heterocycles. The van der Waals surface area contributed by atoms with Gasteiger partial charge < -0.3 is 5.11 Å². The highest BCUT2D eigenvalue weighted by Gasteiger charge is 2.23. The van der Waals surface area contributed by atoms with Gasteiger partial charge in [0.05, 0.1) is 11.1 Å². The smallest absolute Gasteiger partial charge is 0.0704 e. The first kappa shape index (κ1) is 13.0. The van der Waals surface area contributed by atoms with Gasteiger partial charge in [0.2, 0.25) is 0 Å². The van der Waals surface area contributed by atoms with Gasteiger partial charge >= 0.3 is 0 Å². The van der Waals surface area contributed by atoms with Crippen molar-refractivity contribution >= 4 is 10.9 Å². The number of hydrogen-bond donors (Lipinski definition) is 1. The summed E-state index contributed by atoms with van der Waals surface area (Å²) < 4.78 is 0. The second kappa shape index (κ2) is 5.07. The maximum atomic E-state index is 10.5. The van der Waals surface area contributed by atoms with Crippen LogP contribution in [0.5, 0.6) is 0 Å². The lowest BCUT2D eigenvalue weighted by Gasteiger charge is -2.26. The van der Waals surface area contributed by atoms with Crippen LogP contribution in [0.25, 0.3) is 10.9 Å². The van der Waals surface area contributed by atoms with Crippen LogP contribution in [0.2, 0.25) is 0 Å². The van der Waals surface area contributed by atoms with E-state index in [0.717, 1.165) is 17.3 Å². The van der Waals surface area contributed by atoms with Crippen LogP contribution in [0.1, 0.15) is 32.8 Å². The molecule has 0 spiro atoms. The van der Waals surface area contributed by atoms with Crippen molar-refractivity contribution in [2.75, 3.05) is 0 Å². The van der Waals surface area contributed by atoms with Crippen LogP contribution in [0.4, 0.5) is 0 Å². The van der Waals surface area contributed by atoms with Crippen molar-refractivity contribution in [3.63, 3.8) is 0 Å². The van der Waals surface area contributed by atoms with Crippen LogP contribution in [0.3, 0.4) is 0 Å². The molecule has 1 aromatic carbocycles. The molecule has 0 saturated heterocycles. The number of hydrogen-bond acceptors (Lipinski definition) is 2. The van der Waals surface area contributed by atoms with Crippen molar-refractivity contribution in [3.05, 3.63) is 42.1 Å². The first-order valence-electron chi connectivity index (χ1n) is 6.53. The number of pyridine rings is 1. The average molecular weight is 243 g/mol. The Bertz CT molecular complexity index is 526. The number of aliphatic hydroxyl groups is 1. The molecule has 2 aromatic rings. The molecule has 0 aliphatic carbocycles. The summed E-state index contributed by atoms with van der Waals surface area (Å²) in [6.45, 7) is 6.19. The minimum atomic E-state index is -0.654. The third-order valence-corrected chi connectivity index (χ3v) is 3.16. The SMILES string of the molecule is CC(C)CC(C)(O)Cc1ccnc2ccccc12. The molecular formula is C16H21NO. The predicted molar refractivity (Wildman–Crippen MR) is 75.5 cm³/mol. The van der Waals surface area contributed by atoms with E-state index in [4.69, 9.17) is 0 Å². The average Bonchev–Trinajstić information content (AvgIpc) is 2.27. The van der Waals surface area contributed by atoms with E-state index in [9.17, 15) is 5.11 Å². The zero-order valence-corrected chi connectivity index (χ0v) is 11.4. The van der Waals surface area contributed by atoms with Gasteiger partial charge in [0.25, 0.3) is 0 Å². The number of rotatable bonds is 4. The van der Waals surface area contributed by atoms with Crippen LogP contribution in [0, 0.1) is 5.92 Å². The van der Waals surface area contributed by atoms with Gasteiger partial charge in [-0.2, -0.15) is 0 Å². The van der Waals surface area contributed by atoms with Crippen LogP contribution >= 0.6 is 0 Å². The van der Waals surface area contributed by atoms with E-state index in [0.29, 0.717) is 12.3 Å². The lowest BCUT2D eigenvalue weighted by Crippen LogP contribution is -2.29. The molecule has 96 valence electrons. The lowest BCUT2D eigenvalue weighted by molar-refractivity contribution is 0.0391.